The second-order valence-corrected chi connectivity index (χ2v) is 9.91. The van der Waals surface area contributed by atoms with Crippen LogP contribution in [0.15, 0.2) is 40.3 Å². The Bertz CT molecular complexity index is 1190. The molecule has 0 aliphatic carbocycles. The molecule has 0 saturated carbocycles. The fraction of sp³-hybridized carbons (Fsp3) is 0.480. The number of hydrogen-bond donors (Lipinski definition) is 0. The monoisotopic (exact) mass is 453 g/mol. The lowest BCUT2D eigenvalue weighted by atomic mass is 10.2. The molecule has 0 bridgehead atoms. The molecule has 1 atom stereocenters. The number of benzene rings is 1. The van der Waals surface area contributed by atoms with Crippen LogP contribution in [-0.4, -0.2) is 38.4 Å². The van der Waals surface area contributed by atoms with Crippen LogP contribution in [0.3, 0.4) is 0 Å². The Labute approximate surface area is 193 Å². The standard InChI is InChI=1S/C25H31N3O3S/c1-16(2)13-28-24(30)20-9-5-6-10-22(20)26-25(28)32-15-23(29)21-12-17(3)27(18(21)4)14-19-8-7-11-31-19/h5-6,9-10,12,16,19H,7-8,11,13-15H2,1-4H3/t19-/m0/s1. The highest BCUT2D eigenvalue weighted by atomic mass is 32.2. The third kappa shape index (κ3) is 4.69. The van der Waals surface area contributed by atoms with Gasteiger partial charge < -0.3 is 9.30 Å². The molecule has 0 spiro atoms. The zero-order chi connectivity index (χ0) is 22.8. The van der Waals surface area contributed by atoms with Crippen LogP contribution in [0.2, 0.25) is 0 Å². The van der Waals surface area contributed by atoms with E-state index < -0.39 is 0 Å². The molecular formula is C25H31N3O3S. The summed E-state index contributed by atoms with van der Waals surface area (Å²) in [5, 5.41) is 1.21. The average molecular weight is 454 g/mol. The topological polar surface area (TPSA) is 66.1 Å². The maximum absolute atomic E-state index is 13.1. The molecule has 0 amide bonds. The van der Waals surface area contributed by atoms with E-state index in [9.17, 15) is 9.59 Å². The molecule has 1 aliphatic heterocycles. The lowest BCUT2D eigenvalue weighted by molar-refractivity contribution is 0.0957. The summed E-state index contributed by atoms with van der Waals surface area (Å²) >= 11 is 1.35. The van der Waals surface area contributed by atoms with Gasteiger partial charge in [-0.2, -0.15) is 0 Å². The van der Waals surface area contributed by atoms with Gasteiger partial charge in [-0.05, 0) is 50.8 Å². The Kier molecular flexibility index (Phi) is 6.86. The van der Waals surface area contributed by atoms with Crippen molar-refractivity contribution in [3.8, 4) is 0 Å². The van der Waals surface area contributed by atoms with Gasteiger partial charge in [-0.3, -0.25) is 14.2 Å². The highest BCUT2D eigenvalue weighted by Gasteiger charge is 2.22. The van der Waals surface area contributed by atoms with Crippen molar-refractivity contribution in [1.29, 1.82) is 0 Å². The molecule has 7 heteroatoms. The number of ketones is 1. The number of ether oxygens (including phenoxy) is 1. The lowest BCUT2D eigenvalue weighted by Crippen LogP contribution is -2.25. The van der Waals surface area contributed by atoms with E-state index in [4.69, 9.17) is 9.72 Å². The molecule has 32 heavy (non-hydrogen) atoms. The minimum atomic E-state index is -0.0472. The number of aromatic nitrogens is 3. The summed E-state index contributed by atoms with van der Waals surface area (Å²) in [5.41, 5.74) is 3.42. The number of carbonyl (C=O) groups excluding carboxylic acids is 1. The maximum Gasteiger partial charge on any atom is 0.262 e. The van der Waals surface area contributed by atoms with Gasteiger partial charge in [0.2, 0.25) is 0 Å². The van der Waals surface area contributed by atoms with Gasteiger partial charge in [0.05, 0.1) is 22.8 Å². The molecule has 6 nitrogen and oxygen atoms in total. The summed E-state index contributed by atoms with van der Waals surface area (Å²) in [6.45, 7) is 10.4. The quantitative estimate of drug-likeness (QED) is 0.283. The summed E-state index contributed by atoms with van der Waals surface area (Å²) in [7, 11) is 0. The van der Waals surface area contributed by atoms with Crippen molar-refractivity contribution in [3.63, 3.8) is 0 Å². The predicted octanol–water partition coefficient (Wildman–Crippen LogP) is 4.62. The third-order valence-corrected chi connectivity index (χ3v) is 6.97. The largest absolute Gasteiger partial charge is 0.376 e. The molecule has 3 aromatic rings. The Balaban J connectivity index is 1.57. The van der Waals surface area contributed by atoms with Crippen LogP contribution in [0.1, 0.15) is 48.4 Å². The van der Waals surface area contributed by atoms with Gasteiger partial charge in [-0.15, -0.1) is 0 Å². The van der Waals surface area contributed by atoms with Gasteiger partial charge in [0, 0.05) is 36.6 Å². The smallest absolute Gasteiger partial charge is 0.262 e. The van der Waals surface area contributed by atoms with E-state index in [-0.39, 0.29) is 23.2 Å². The molecule has 0 N–H and O–H groups in total. The molecular weight excluding hydrogens is 422 g/mol. The van der Waals surface area contributed by atoms with Crippen LogP contribution in [-0.2, 0) is 17.8 Å². The molecule has 2 aromatic heterocycles. The molecule has 4 rings (SSSR count). The van der Waals surface area contributed by atoms with Crippen LogP contribution in [0.4, 0.5) is 0 Å². The van der Waals surface area contributed by atoms with Crippen molar-refractivity contribution in [3.05, 3.63) is 57.6 Å². The molecule has 1 fully saturated rings. The molecule has 1 aromatic carbocycles. The number of Topliss-reactive ketones (excluding diaryl/α,β-unsaturated/α-hetero) is 1. The first-order chi connectivity index (χ1) is 15.3. The van der Waals surface area contributed by atoms with Crippen LogP contribution in [0.5, 0.6) is 0 Å². The van der Waals surface area contributed by atoms with Crippen molar-refractivity contribution in [2.45, 2.75) is 64.9 Å². The SMILES string of the molecule is Cc1cc(C(=O)CSc2nc3ccccc3c(=O)n2CC(C)C)c(C)n1C[C@@H]1CCCO1. The summed E-state index contributed by atoms with van der Waals surface area (Å²) < 4.78 is 9.69. The number of nitrogens with zero attached hydrogens (tertiary/aromatic N) is 3. The van der Waals surface area contributed by atoms with Gasteiger partial charge in [0.25, 0.3) is 5.56 Å². The van der Waals surface area contributed by atoms with Crippen molar-refractivity contribution in [2.75, 3.05) is 12.4 Å². The van der Waals surface area contributed by atoms with Crippen molar-refractivity contribution < 1.29 is 9.53 Å². The molecule has 0 unspecified atom stereocenters. The molecule has 1 saturated heterocycles. The van der Waals surface area contributed by atoms with Gasteiger partial charge in [-0.25, -0.2) is 4.98 Å². The molecule has 170 valence electrons. The number of para-hydroxylation sites is 1. The van der Waals surface area contributed by atoms with Crippen molar-refractivity contribution in [2.24, 2.45) is 5.92 Å². The zero-order valence-corrected chi connectivity index (χ0v) is 20.1. The summed E-state index contributed by atoms with van der Waals surface area (Å²) in [4.78, 5) is 30.9. The highest BCUT2D eigenvalue weighted by Crippen LogP contribution is 2.24. The van der Waals surface area contributed by atoms with Gasteiger partial charge in [0.1, 0.15) is 0 Å². The van der Waals surface area contributed by atoms with Gasteiger partial charge >= 0.3 is 0 Å². The predicted molar refractivity (Wildman–Crippen MR) is 129 cm³/mol. The first-order valence-electron chi connectivity index (χ1n) is 11.3. The first-order valence-corrected chi connectivity index (χ1v) is 12.3. The van der Waals surface area contributed by atoms with Crippen molar-refractivity contribution in [1.82, 2.24) is 14.1 Å². The maximum atomic E-state index is 13.1. The lowest BCUT2D eigenvalue weighted by Gasteiger charge is -2.15. The van der Waals surface area contributed by atoms with Gasteiger partial charge in [-0.1, -0.05) is 37.7 Å². The second kappa shape index (κ2) is 9.63. The Morgan fingerprint density at radius 1 is 1.25 bits per heavy atom. The number of aryl methyl sites for hydroxylation is 1. The van der Waals surface area contributed by atoms with Crippen LogP contribution >= 0.6 is 11.8 Å². The second-order valence-electron chi connectivity index (χ2n) is 8.96. The Morgan fingerprint density at radius 2 is 2.03 bits per heavy atom. The number of carbonyl (C=O) groups is 1. The van der Waals surface area contributed by atoms with E-state index >= 15 is 0 Å². The van der Waals surface area contributed by atoms with E-state index in [1.807, 2.05) is 44.2 Å². The van der Waals surface area contributed by atoms with Gasteiger partial charge in [0.15, 0.2) is 10.9 Å². The van der Waals surface area contributed by atoms with Crippen LogP contribution in [0, 0.1) is 19.8 Å². The van der Waals surface area contributed by atoms with E-state index in [2.05, 4.69) is 18.4 Å². The minimum Gasteiger partial charge on any atom is -0.376 e. The Hall–Kier alpha value is -2.38. The van der Waals surface area contributed by atoms with E-state index in [1.165, 1.54) is 11.8 Å². The summed E-state index contributed by atoms with van der Waals surface area (Å²) in [6.07, 6.45) is 2.39. The average Bonchev–Trinajstić information content (AvgIpc) is 3.38. The highest BCUT2D eigenvalue weighted by molar-refractivity contribution is 7.99. The van der Waals surface area contributed by atoms with Crippen LogP contribution < -0.4 is 5.56 Å². The number of hydrogen-bond acceptors (Lipinski definition) is 5. The fourth-order valence-electron chi connectivity index (χ4n) is 4.35. The zero-order valence-electron chi connectivity index (χ0n) is 19.3. The molecule has 3 heterocycles. The minimum absolute atomic E-state index is 0.0472. The summed E-state index contributed by atoms with van der Waals surface area (Å²) in [5.74, 6) is 0.593. The number of rotatable bonds is 8. The Morgan fingerprint density at radius 3 is 2.75 bits per heavy atom. The fourth-order valence-corrected chi connectivity index (χ4v) is 5.24. The van der Waals surface area contributed by atoms with E-state index in [0.717, 1.165) is 42.9 Å². The summed E-state index contributed by atoms with van der Waals surface area (Å²) in [6, 6.07) is 9.37. The molecule has 1 aliphatic rings. The van der Waals surface area contributed by atoms with E-state index in [1.54, 1.807) is 4.57 Å². The molecule has 0 radical (unpaired) electrons. The van der Waals surface area contributed by atoms with Crippen molar-refractivity contribution >= 4 is 28.4 Å². The normalized spacial score (nSPS) is 16.3. The number of fused-ring (bicyclic) bond motifs is 1. The third-order valence-electron chi connectivity index (χ3n) is 5.99. The first kappa shape index (κ1) is 22.8. The van der Waals surface area contributed by atoms with E-state index in [0.29, 0.717) is 28.5 Å². The van der Waals surface area contributed by atoms with Crippen LogP contribution in [0.25, 0.3) is 10.9 Å². The number of thioether (sulfide) groups is 1.